The SMILES string of the molecule is CCNC(=O)CCCCC[N+]1=C(C=CC=CC=CC=C2N(CC)c3ccc(S(=O)(=O)[O-])cc3C2(C)C)C(C)(C)c2cc(S(=O)(=O)[O-])ccc21.[K+]. The number of unbranched alkanes of at least 4 members (excludes halogenated alkanes) is 2. The first-order valence-electron chi connectivity index (χ1n) is 16.6. The molecule has 2 aliphatic rings. The number of anilines is 1. The normalized spacial score (nSPS) is 17.6. The maximum absolute atomic E-state index is 11.8. The molecule has 0 atom stereocenters. The van der Waals surface area contributed by atoms with Crippen LogP contribution in [0, 0.1) is 0 Å². The number of amides is 1. The summed E-state index contributed by atoms with van der Waals surface area (Å²) in [7, 11) is -9.19. The Kier molecular flexibility index (Phi) is 14.4. The van der Waals surface area contributed by atoms with Gasteiger partial charge in [-0.3, -0.25) is 4.79 Å². The van der Waals surface area contributed by atoms with E-state index in [1.54, 1.807) is 12.1 Å². The molecule has 4 rings (SSSR count). The van der Waals surface area contributed by atoms with Crippen molar-refractivity contribution in [2.75, 3.05) is 24.5 Å². The first-order chi connectivity index (χ1) is 22.9. The molecule has 13 heteroatoms. The monoisotopic (exact) mass is 747 g/mol. The number of benzene rings is 2. The smallest absolute Gasteiger partial charge is 0.744 e. The van der Waals surface area contributed by atoms with Gasteiger partial charge in [0, 0.05) is 60.4 Å². The number of nitrogens with zero attached hydrogens (tertiary/aromatic N) is 2. The fraction of sp³-hybridized carbons (Fsp3) is 0.405. The van der Waals surface area contributed by atoms with Crippen LogP contribution in [0.15, 0.2) is 94.4 Å². The standard InChI is InChI=1S/C37H47N3O7S2.K/c1-7-38-35(41)19-15-12-16-24-40-32-23-21-28(49(45,46)47)26-30(32)37(5,6)34(40)18-14-11-9-10-13-17-33-36(3,4)29-25-27(48(42,43)44)20-22-31(29)39(33)8-2;/h9-11,13-14,17-18,20-23,25-26H,7-8,12,15-16,19,24H2,1-6H3,(H2-,38,41,42,43,44,45,46,47);/q;+1/p-1. The number of hydrogen-bond donors (Lipinski definition) is 1. The van der Waals surface area contributed by atoms with Gasteiger partial charge in [0.15, 0.2) is 5.71 Å². The van der Waals surface area contributed by atoms with E-state index in [1.165, 1.54) is 24.3 Å². The van der Waals surface area contributed by atoms with Gasteiger partial charge in [0.25, 0.3) is 0 Å². The van der Waals surface area contributed by atoms with Crippen molar-refractivity contribution in [2.24, 2.45) is 0 Å². The molecule has 0 aliphatic carbocycles. The third-order valence-corrected chi connectivity index (χ3v) is 10.9. The minimum atomic E-state index is -4.62. The van der Waals surface area contributed by atoms with E-state index in [0.29, 0.717) is 26.1 Å². The van der Waals surface area contributed by atoms with E-state index in [1.807, 2.05) is 84.1 Å². The number of fused-ring (bicyclic) bond motifs is 2. The fourth-order valence-corrected chi connectivity index (χ4v) is 7.70. The largest absolute Gasteiger partial charge is 1.00 e. The Morgan fingerprint density at radius 3 is 2.04 bits per heavy atom. The van der Waals surface area contributed by atoms with Crippen molar-refractivity contribution >= 4 is 43.2 Å². The molecule has 0 unspecified atom stereocenters. The van der Waals surface area contributed by atoms with Crippen LogP contribution in [0.3, 0.4) is 0 Å². The second kappa shape index (κ2) is 17.1. The molecular weight excluding hydrogens is 702 g/mol. The molecule has 2 aromatic carbocycles. The average Bonchev–Trinajstić information content (AvgIpc) is 3.37. The molecule has 0 aromatic heterocycles. The molecule has 0 saturated carbocycles. The molecule has 50 heavy (non-hydrogen) atoms. The summed E-state index contributed by atoms with van der Waals surface area (Å²) in [5.74, 6) is 0.0421. The second-order valence-electron chi connectivity index (χ2n) is 13.2. The summed E-state index contributed by atoms with van der Waals surface area (Å²) in [5.41, 5.74) is 4.14. The van der Waals surface area contributed by atoms with Crippen molar-refractivity contribution in [2.45, 2.75) is 87.8 Å². The summed E-state index contributed by atoms with van der Waals surface area (Å²) in [6, 6.07) is 9.07. The van der Waals surface area contributed by atoms with Crippen molar-refractivity contribution in [3.63, 3.8) is 0 Å². The number of carbonyl (C=O) groups excluding carboxylic acids is 1. The van der Waals surface area contributed by atoms with Crippen LogP contribution in [0.4, 0.5) is 11.4 Å². The Balaban J connectivity index is 0.00000676. The van der Waals surface area contributed by atoms with Crippen LogP contribution in [0.25, 0.3) is 0 Å². The van der Waals surface area contributed by atoms with Gasteiger partial charge in [0.2, 0.25) is 11.6 Å². The zero-order valence-corrected chi connectivity index (χ0v) is 34.8. The molecule has 0 saturated heterocycles. The van der Waals surface area contributed by atoms with E-state index in [0.717, 1.165) is 53.2 Å². The minimum Gasteiger partial charge on any atom is -0.744 e. The predicted molar refractivity (Wildman–Crippen MR) is 190 cm³/mol. The van der Waals surface area contributed by atoms with Gasteiger partial charge in [-0.2, -0.15) is 4.58 Å². The van der Waals surface area contributed by atoms with Crippen LogP contribution in [-0.4, -0.2) is 61.8 Å². The minimum absolute atomic E-state index is 0. The molecule has 2 aliphatic heterocycles. The zero-order valence-electron chi connectivity index (χ0n) is 30.0. The van der Waals surface area contributed by atoms with Crippen molar-refractivity contribution in [3.8, 4) is 0 Å². The van der Waals surface area contributed by atoms with E-state index in [4.69, 9.17) is 0 Å². The number of allylic oxidation sites excluding steroid dienone is 8. The summed E-state index contributed by atoms with van der Waals surface area (Å²) in [6.45, 7) is 13.9. The number of hydrogen-bond acceptors (Lipinski definition) is 8. The molecule has 10 nitrogen and oxygen atoms in total. The topological polar surface area (TPSA) is 150 Å². The summed E-state index contributed by atoms with van der Waals surface area (Å²) in [4.78, 5) is 13.5. The first kappa shape index (κ1) is 42.2. The Morgan fingerprint density at radius 1 is 0.820 bits per heavy atom. The molecule has 2 heterocycles. The van der Waals surface area contributed by atoms with Crippen LogP contribution in [0.2, 0.25) is 0 Å². The Hall–Kier alpha value is -2.20. The predicted octanol–water partition coefficient (Wildman–Crippen LogP) is 2.94. The molecule has 0 fully saturated rings. The molecule has 0 radical (unpaired) electrons. The Bertz CT molecular complexity index is 1980. The van der Waals surface area contributed by atoms with Crippen LogP contribution >= 0.6 is 0 Å². The number of likely N-dealkylation sites (N-methyl/N-ethyl adjacent to an activating group) is 1. The van der Waals surface area contributed by atoms with Crippen molar-refractivity contribution < 1.29 is 86.7 Å². The molecule has 1 N–H and O–H groups in total. The molecule has 264 valence electrons. The molecule has 1 amide bonds. The van der Waals surface area contributed by atoms with Gasteiger partial charge in [0.1, 0.15) is 26.8 Å². The van der Waals surface area contributed by atoms with Crippen LogP contribution < -0.4 is 61.6 Å². The summed E-state index contributed by atoms with van der Waals surface area (Å²) in [6.07, 6.45) is 16.4. The third-order valence-electron chi connectivity index (χ3n) is 9.23. The number of carbonyl (C=O) groups is 1. The molecule has 0 bridgehead atoms. The Labute approximate surface area is 340 Å². The number of nitrogens with one attached hydrogen (secondary N) is 1. The maximum Gasteiger partial charge on any atom is 1.00 e. The van der Waals surface area contributed by atoms with Crippen molar-refractivity contribution in [3.05, 3.63) is 95.8 Å². The van der Waals surface area contributed by atoms with Crippen LogP contribution in [0.5, 0.6) is 0 Å². The van der Waals surface area contributed by atoms with E-state index in [9.17, 15) is 30.7 Å². The molecule has 0 spiro atoms. The van der Waals surface area contributed by atoms with Gasteiger partial charge in [-0.05, 0) is 82.5 Å². The fourth-order valence-electron chi connectivity index (χ4n) is 6.71. The maximum atomic E-state index is 11.8. The molecular formula is C37H46KN3O7S2. The van der Waals surface area contributed by atoms with Crippen LogP contribution in [-0.2, 0) is 35.9 Å². The molecule has 2 aromatic rings. The third kappa shape index (κ3) is 9.42. The Morgan fingerprint density at radius 2 is 1.42 bits per heavy atom. The quantitative estimate of drug-likeness (QED) is 0.102. The van der Waals surface area contributed by atoms with Gasteiger partial charge in [0.05, 0.1) is 15.2 Å². The van der Waals surface area contributed by atoms with Crippen LogP contribution in [0.1, 0.15) is 78.4 Å². The summed E-state index contributed by atoms with van der Waals surface area (Å²) in [5, 5.41) is 2.82. The van der Waals surface area contributed by atoms with Gasteiger partial charge >= 0.3 is 51.4 Å². The first-order valence-corrected chi connectivity index (χ1v) is 19.4. The van der Waals surface area contributed by atoms with E-state index in [-0.39, 0.29) is 67.1 Å². The summed E-state index contributed by atoms with van der Waals surface area (Å²) < 4.78 is 72.7. The van der Waals surface area contributed by atoms with Gasteiger partial charge in [-0.15, -0.1) is 0 Å². The van der Waals surface area contributed by atoms with Crippen molar-refractivity contribution in [1.82, 2.24) is 5.32 Å². The van der Waals surface area contributed by atoms with Gasteiger partial charge in [-0.25, -0.2) is 16.8 Å². The second-order valence-corrected chi connectivity index (χ2v) is 16.0. The van der Waals surface area contributed by atoms with E-state index in [2.05, 4.69) is 14.8 Å². The van der Waals surface area contributed by atoms with Crippen molar-refractivity contribution in [1.29, 1.82) is 0 Å². The zero-order chi connectivity index (χ0) is 36.2. The van der Waals surface area contributed by atoms with Gasteiger partial charge < -0.3 is 19.3 Å². The summed E-state index contributed by atoms with van der Waals surface area (Å²) >= 11 is 0. The van der Waals surface area contributed by atoms with E-state index >= 15 is 0 Å². The average molecular weight is 748 g/mol. The number of rotatable bonds is 14. The van der Waals surface area contributed by atoms with E-state index < -0.39 is 31.1 Å². The van der Waals surface area contributed by atoms with Gasteiger partial charge in [-0.1, -0.05) is 44.2 Å².